The zero-order valence-corrected chi connectivity index (χ0v) is 18.2. The Labute approximate surface area is 178 Å². The van der Waals surface area contributed by atoms with E-state index in [0.717, 1.165) is 50.4 Å². The second kappa shape index (κ2) is 8.51. The van der Waals surface area contributed by atoms with Crippen LogP contribution < -0.4 is 10.1 Å². The number of ether oxygens (including phenoxy) is 1. The van der Waals surface area contributed by atoms with E-state index in [1.54, 1.807) is 17.5 Å². The Bertz CT molecular complexity index is 1050. The van der Waals surface area contributed by atoms with Crippen LogP contribution in [0.1, 0.15) is 22.6 Å². The fraction of sp³-hybridized carbons (Fsp3) is 0.333. The van der Waals surface area contributed by atoms with Crippen LogP contribution in [0.25, 0.3) is 11.3 Å². The number of aromatic nitrogens is 3. The van der Waals surface area contributed by atoms with E-state index in [9.17, 15) is 4.79 Å². The maximum atomic E-state index is 12.1. The molecule has 1 aromatic carbocycles. The Morgan fingerprint density at radius 1 is 1.28 bits per heavy atom. The second-order valence-electron chi connectivity index (χ2n) is 7.06. The van der Waals surface area contributed by atoms with E-state index in [2.05, 4.69) is 26.3 Å². The number of nitrogens with one attached hydrogen (secondary N) is 1. The van der Waals surface area contributed by atoms with Crippen LogP contribution in [0.5, 0.6) is 5.75 Å². The van der Waals surface area contributed by atoms with Crippen molar-refractivity contribution >= 4 is 29.0 Å². The molecule has 1 aliphatic rings. The Morgan fingerprint density at radius 3 is 2.93 bits per heavy atom. The highest BCUT2D eigenvalue weighted by Gasteiger charge is 2.24. The fourth-order valence-corrected chi connectivity index (χ4v) is 4.88. The van der Waals surface area contributed by atoms with Gasteiger partial charge in [-0.3, -0.25) is 9.78 Å². The van der Waals surface area contributed by atoms with Crippen molar-refractivity contribution in [3.8, 4) is 17.0 Å². The van der Waals surface area contributed by atoms with Gasteiger partial charge in [-0.05, 0) is 44.5 Å². The first kappa shape index (κ1) is 19.8. The largest absolute Gasteiger partial charge is 0.488 e. The lowest BCUT2D eigenvalue weighted by molar-refractivity contribution is -0.118. The molecule has 3 aromatic rings. The van der Waals surface area contributed by atoms with Crippen LogP contribution in [-0.4, -0.2) is 39.3 Å². The molecular weight excluding hydrogens is 404 g/mol. The third-order valence-corrected chi connectivity index (χ3v) is 6.74. The maximum absolute atomic E-state index is 12.1. The van der Waals surface area contributed by atoms with Crippen LogP contribution in [0.2, 0.25) is 0 Å². The van der Waals surface area contributed by atoms with Gasteiger partial charge in [0.15, 0.2) is 4.34 Å². The number of amides is 1. The number of aryl methyl sites for hydroxylation is 3. The Kier molecular flexibility index (Phi) is 5.82. The molecule has 0 radical (unpaired) electrons. The average molecular weight is 427 g/mol. The number of thiazole rings is 1. The van der Waals surface area contributed by atoms with E-state index in [1.807, 2.05) is 38.3 Å². The summed E-state index contributed by atoms with van der Waals surface area (Å²) < 4.78 is 6.92. The third kappa shape index (κ3) is 4.76. The molecule has 1 amide bonds. The van der Waals surface area contributed by atoms with Gasteiger partial charge in [-0.15, -0.1) is 11.3 Å². The van der Waals surface area contributed by atoms with Gasteiger partial charge >= 0.3 is 0 Å². The minimum atomic E-state index is -0.0546. The molecule has 2 aromatic heterocycles. The van der Waals surface area contributed by atoms with E-state index >= 15 is 0 Å². The number of fused-ring (bicyclic) bond motifs is 1. The van der Waals surface area contributed by atoms with Crippen molar-refractivity contribution in [3.05, 3.63) is 52.4 Å². The van der Waals surface area contributed by atoms with Gasteiger partial charge in [-0.1, -0.05) is 11.8 Å². The van der Waals surface area contributed by atoms with Crippen molar-refractivity contribution in [1.82, 2.24) is 20.3 Å². The van der Waals surface area contributed by atoms with Gasteiger partial charge in [0.1, 0.15) is 11.9 Å². The molecule has 1 aliphatic heterocycles. The smallest absolute Gasteiger partial charge is 0.230 e. The van der Waals surface area contributed by atoms with Crippen LogP contribution >= 0.6 is 23.1 Å². The van der Waals surface area contributed by atoms with Gasteiger partial charge in [-0.2, -0.15) is 0 Å². The SMILES string of the molecule is Cc1csc(SCC(=O)NCC2Cc3cc(-c4nc(C)cnc4C)ccc3O2)n1. The molecule has 0 fully saturated rings. The van der Waals surface area contributed by atoms with Crippen LogP contribution in [-0.2, 0) is 11.2 Å². The monoisotopic (exact) mass is 426 g/mol. The summed E-state index contributed by atoms with van der Waals surface area (Å²) in [6.45, 7) is 6.35. The molecule has 150 valence electrons. The van der Waals surface area contributed by atoms with Crippen molar-refractivity contribution in [3.63, 3.8) is 0 Å². The van der Waals surface area contributed by atoms with Crippen molar-refractivity contribution < 1.29 is 9.53 Å². The molecular formula is C21H22N4O2S2. The summed E-state index contributed by atoms with van der Waals surface area (Å²) in [5.41, 5.74) is 5.87. The number of hydrogen-bond acceptors (Lipinski definition) is 7. The highest BCUT2D eigenvalue weighted by atomic mass is 32.2. The van der Waals surface area contributed by atoms with Gasteiger partial charge in [0.2, 0.25) is 5.91 Å². The highest BCUT2D eigenvalue weighted by molar-refractivity contribution is 8.01. The number of hydrogen-bond donors (Lipinski definition) is 1. The zero-order chi connectivity index (χ0) is 20.4. The van der Waals surface area contributed by atoms with E-state index in [4.69, 9.17) is 4.74 Å². The average Bonchev–Trinajstić information content (AvgIpc) is 3.31. The molecule has 0 saturated carbocycles. The number of benzene rings is 1. The number of thioether (sulfide) groups is 1. The van der Waals surface area contributed by atoms with E-state index in [0.29, 0.717) is 12.3 Å². The lowest BCUT2D eigenvalue weighted by Gasteiger charge is -2.11. The molecule has 0 bridgehead atoms. The van der Waals surface area contributed by atoms with Gasteiger partial charge < -0.3 is 10.1 Å². The first-order chi connectivity index (χ1) is 14.0. The number of rotatable bonds is 6. The van der Waals surface area contributed by atoms with Crippen molar-refractivity contribution in [2.24, 2.45) is 0 Å². The normalized spacial score (nSPS) is 15.1. The molecule has 1 N–H and O–H groups in total. The summed E-state index contributed by atoms with van der Waals surface area (Å²) in [4.78, 5) is 25.5. The molecule has 0 aliphatic carbocycles. The standard InChI is InChI=1S/C21H22N4O2S2/c1-12-8-22-14(3)20(24-12)15-4-5-18-16(6-15)7-17(27-18)9-23-19(26)11-29-21-25-13(2)10-28-21/h4-6,8,10,17H,7,9,11H2,1-3H3,(H,23,26). The first-order valence-corrected chi connectivity index (χ1v) is 11.3. The highest BCUT2D eigenvalue weighted by Crippen LogP contribution is 2.33. The Balaban J connectivity index is 1.33. The molecule has 8 heteroatoms. The van der Waals surface area contributed by atoms with Crippen molar-refractivity contribution in [2.75, 3.05) is 12.3 Å². The van der Waals surface area contributed by atoms with E-state index < -0.39 is 0 Å². The summed E-state index contributed by atoms with van der Waals surface area (Å²) in [5.74, 6) is 1.23. The molecule has 3 heterocycles. The molecule has 6 nitrogen and oxygen atoms in total. The predicted molar refractivity (Wildman–Crippen MR) is 116 cm³/mol. The number of nitrogens with zero attached hydrogens (tertiary/aromatic N) is 3. The van der Waals surface area contributed by atoms with Crippen LogP contribution in [0.4, 0.5) is 0 Å². The molecule has 0 saturated heterocycles. The van der Waals surface area contributed by atoms with Gasteiger partial charge in [0.25, 0.3) is 0 Å². The molecule has 1 atom stereocenters. The molecule has 4 rings (SSSR count). The van der Waals surface area contributed by atoms with Gasteiger partial charge in [0.05, 0.1) is 29.4 Å². The topological polar surface area (TPSA) is 77.0 Å². The van der Waals surface area contributed by atoms with Crippen molar-refractivity contribution in [1.29, 1.82) is 0 Å². The lowest BCUT2D eigenvalue weighted by Crippen LogP contribution is -2.35. The van der Waals surface area contributed by atoms with Crippen molar-refractivity contribution in [2.45, 2.75) is 37.6 Å². The molecule has 29 heavy (non-hydrogen) atoms. The Hall–Kier alpha value is -2.45. The third-order valence-electron chi connectivity index (χ3n) is 4.60. The number of carbonyl (C=O) groups excluding carboxylic acids is 1. The summed E-state index contributed by atoms with van der Waals surface area (Å²) in [7, 11) is 0. The lowest BCUT2D eigenvalue weighted by atomic mass is 10.0. The van der Waals surface area contributed by atoms with Crippen LogP contribution in [0, 0.1) is 20.8 Å². The van der Waals surface area contributed by atoms with Crippen LogP contribution in [0.15, 0.2) is 34.1 Å². The second-order valence-corrected chi connectivity index (χ2v) is 9.14. The van der Waals surface area contributed by atoms with Gasteiger partial charge in [0, 0.05) is 29.3 Å². The summed E-state index contributed by atoms with van der Waals surface area (Å²) in [6.07, 6.45) is 2.49. The maximum Gasteiger partial charge on any atom is 0.230 e. The Morgan fingerprint density at radius 2 is 2.14 bits per heavy atom. The minimum absolute atomic E-state index is 0.00578. The predicted octanol–water partition coefficient (Wildman–Crippen LogP) is 3.74. The van der Waals surface area contributed by atoms with Crippen LogP contribution in [0.3, 0.4) is 0 Å². The van der Waals surface area contributed by atoms with Gasteiger partial charge in [-0.25, -0.2) is 9.97 Å². The molecule has 1 unspecified atom stereocenters. The summed E-state index contributed by atoms with van der Waals surface area (Å²) in [5, 5.41) is 4.96. The van der Waals surface area contributed by atoms with E-state index in [-0.39, 0.29) is 12.0 Å². The summed E-state index contributed by atoms with van der Waals surface area (Å²) in [6, 6.07) is 6.12. The van der Waals surface area contributed by atoms with E-state index in [1.165, 1.54) is 11.8 Å². The zero-order valence-electron chi connectivity index (χ0n) is 16.6. The minimum Gasteiger partial charge on any atom is -0.488 e. The first-order valence-electron chi connectivity index (χ1n) is 9.40. The number of carbonyl (C=O) groups is 1. The fourth-order valence-electron chi connectivity index (χ4n) is 3.20. The molecule has 0 spiro atoms. The summed E-state index contributed by atoms with van der Waals surface area (Å²) >= 11 is 3.03. The quantitative estimate of drug-likeness (QED) is 0.605.